The smallest absolute Gasteiger partial charge is 0.331 e. The summed E-state index contributed by atoms with van der Waals surface area (Å²) in [6.07, 6.45) is 3.22. The van der Waals surface area contributed by atoms with Gasteiger partial charge in [-0.2, -0.15) is 0 Å². The summed E-state index contributed by atoms with van der Waals surface area (Å²) in [6, 6.07) is 28.4. The van der Waals surface area contributed by atoms with E-state index in [9.17, 15) is 9.59 Å². The molecule has 0 aliphatic heterocycles. The lowest BCUT2D eigenvalue weighted by Crippen LogP contribution is -2.33. The molecule has 0 aliphatic rings. The van der Waals surface area contributed by atoms with Crippen molar-refractivity contribution in [1.29, 1.82) is 0 Å². The lowest BCUT2D eigenvalue weighted by molar-refractivity contribution is -0.150. The zero-order chi connectivity index (χ0) is 28.4. The highest BCUT2D eigenvalue weighted by atomic mass is 16.6. The van der Waals surface area contributed by atoms with Crippen LogP contribution in [0.3, 0.4) is 0 Å². The number of hydrogen-bond acceptors (Lipinski definition) is 5. The van der Waals surface area contributed by atoms with Crippen LogP contribution >= 0.6 is 0 Å². The lowest BCUT2D eigenvalue weighted by Gasteiger charge is -2.37. The van der Waals surface area contributed by atoms with Crippen molar-refractivity contribution in [1.82, 2.24) is 4.90 Å². The van der Waals surface area contributed by atoms with E-state index in [2.05, 4.69) is 36.1 Å². The van der Waals surface area contributed by atoms with Crippen molar-refractivity contribution in [3.63, 3.8) is 0 Å². The molecule has 0 N–H and O–H groups in total. The molecule has 5 heteroatoms. The molecule has 0 radical (unpaired) electrons. The van der Waals surface area contributed by atoms with E-state index in [1.807, 2.05) is 95.3 Å². The third-order valence-electron chi connectivity index (χ3n) is 6.25. The second kappa shape index (κ2) is 13.9. The Hall–Kier alpha value is -3.70. The predicted molar refractivity (Wildman–Crippen MR) is 157 cm³/mol. The Morgan fingerprint density at radius 2 is 1.41 bits per heavy atom. The van der Waals surface area contributed by atoms with Crippen LogP contribution in [0.15, 0.2) is 91.0 Å². The maximum absolute atomic E-state index is 13.0. The quantitative estimate of drug-likeness (QED) is 0.189. The lowest BCUT2D eigenvalue weighted by atomic mass is 9.95. The van der Waals surface area contributed by atoms with Crippen LogP contribution in [0.25, 0.3) is 6.08 Å². The van der Waals surface area contributed by atoms with Gasteiger partial charge in [0, 0.05) is 24.7 Å². The average molecular weight is 528 g/mol. The Kier molecular flexibility index (Phi) is 10.6. The number of benzene rings is 3. The van der Waals surface area contributed by atoms with Crippen LogP contribution < -0.4 is 0 Å². The van der Waals surface area contributed by atoms with Gasteiger partial charge in [-0.15, -0.1) is 0 Å². The van der Waals surface area contributed by atoms with E-state index in [0.717, 1.165) is 11.1 Å². The number of esters is 2. The van der Waals surface area contributed by atoms with Gasteiger partial charge in [0.2, 0.25) is 0 Å². The Morgan fingerprint density at radius 1 is 0.821 bits per heavy atom. The molecule has 0 saturated heterocycles. The minimum absolute atomic E-state index is 0.0370. The van der Waals surface area contributed by atoms with Crippen molar-refractivity contribution in [3.8, 4) is 0 Å². The third-order valence-corrected chi connectivity index (χ3v) is 6.25. The van der Waals surface area contributed by atoms with Gasteiger partial charge in [0.05, 0.1) is 12.5 Å². The zero-order valence-electron chi connectivity index (χ0n) is 24.0. The van der Waals surface area contributed by atoms with Gasteiger partial charge < -0.3 is 9.47 Å². The molecular weight excluding hydrogens is 486 g/mol. The van der Waals surface area contributed by atoms with E-state index in [4.69, 9.17) is 9.47 Å². The van der Waals surface area contributed by atoms with Crippen LogP contribution in [0.5, 0.6) is 0 Å². The minimum Gasteiger partial charge on any atom is -0.463 e. The molecular formula is C34H41NO4. The zero-order valence-corrected chi connectivity index (χ0v) is 24.0. The molecule has 5 nitrogen and oxygen atoms in total. The van der Waals surface area contributed by atoms with Gasteiger partial charge in [-0.05, 0) is 69.9 Å². The Balaban J connectivity index is 1.96. The number of rotatable bonds is 11. The van der Waals surface area contributed by atoms with Crippen LogP contribution in [-0.4, -0.2) is 28.5 Å². The minimum atomic E-state index is -0.541. The van der Waals surface area contributed by atoms with E-state index in [1.54, 1.807) is 6.08 Å². The van der Waals surface area contributed by atoms with Crippen molar-refractivity contribution in [2.75, 3.05) is 0 Å². The molecule has 2 atom stereocenters. The van der Waals surface area contributed by atoms with E-state index in [0.29, 0.717) is 6.54 Å². The first-order chi connectivity index (χ1) is 18.5. The molecule has 0 bridgehead atoms. The monoisotopic (exact) mass is 527 g/mol. The first-order valence-corrected chi connectivity index (χ1v) is 13.6. The fourth-order valence-corrected chi connectivity index (χ4v) is 4.46. The Bertz CT molecular complexity index is 1210. The third kappa shape index (κ3) is 9.84. The molecule has 0 spiro atoms. The highest BCUT2D eigenvalue weighted by molar-refractivity contribution is 5.87. The van der Waals surface area contributed by atoms with Crippen molar-refractivity contribution < 1.29 is 19.1 Å². The van der Waals surface area contributed by atoms with Crippen LogP contribution in [-0.2, 0) is 25.6 Å². The standard InChI is InChI=1S/C34H41NO4/c1-25(2)38-33(37)23-31(30-20-17-27(18-21-30)19-22-32(36)39-34(4,5)6)35(24-28-13-9-7-10-14-28)26(3)29-15-11-8-12-16-29/h7-22,25-26,31H,23-24H2,1-6H3/b22-19+/t26-,31+/m1/s1. The summed E-state index contributed by atoms with van der Waals surface area (Å²) in [5.74, 6) is -0.617. The summed E-state index contributed by atoms with van der Waals surface area (Å²) < 4.78 is 11.0. The molecule has 0 aliphatic carbocycles. The molecule has 0 unspecified atom stereocenters. The molecule has 39 heavy (non-hydrogen) atoms. The topological polar surface area (TPSA) is 55.8 Å². The van der Waals surface area contributed by atoms with Crippen LogP contribution in [0.2, 0.25) is 0 Å². The first-order valence-electron chi connectivity index (χ1n) is 13.6. The van der Waals surface area contributed by atoms with Gasteiger partial charge >= 0.3 is 11.9 Å². The van der Waals surface area contributed by atoms with Gasteiger partial charge in [0.15, 0.2) is 0 Å². The molecule has 3 rings (SSSR count). The Labute approximate surface area is 233 Å². The van der Waals surface area contributed by atoms with Gasteiger partial charge in [-0.3, -0.25) is 9.69 Å². The highest BCUT2D eigenvalue weighted by Gasteiger charge is 2.29. The van der Waals surface area contributed by atoms with Crippen LogP contribution in [0, 0.1) is 0 Å². The molecule has 0 amide bonds. The predicted octanol–water partition coefficient (Wildman–Crippen LogP) is 7.69. The van der Waals surface area contributed by atoms with Gasteiger partial charge in [0.1, 0.15) is 5.60 Å². The fourth-order valence-electron chi connectivity index (χ4n) is 4.46. The number of carbonyl (C=O) groups excluding carboxylic acids is 2. The number of nitrogens with zero attached hydrogens (tertiary/aromatic N) is 1. The maximum Gasteiger partial charge on any atom is 0.331 e. The van der Waals surface area contributed by atoms with Crippen molar-refractivity contribution >= 4 is 18.0 Å². The summed E-state index contributed by atoms with van der Waals surface area (Å²) >= 11 is 0. The molecule has 0 aromatic heterocycles. The van der Waals surface area contributed by atoms with Gasteiger partial charge in [-0.1, -0.05) is 84.9 Å². The second-order valence-corrected chi connectivity index (χ2v) is 11.0. The molecule has 206 valence electrons. The molecule has 0 fully saturated rings. The average Bonchev–Trinajstić information content (AvgIpc) is 2.89. The summed E-state index contributed by atoms with van der Waals surface area (Å²) in [5, 5.41) is 0. The summed E-state index contributed by atoms with van der Waals surface area (Å²) in [4.78, 5) is 27.5. The normalized spacial score (nSPS) is 13.4. The molecule has 0 heterocycles. The number of carbonyl (C=O) groups is 2. The Morgan fingerprint density at radius 3 is 1.97 bits per heavy atom. The summed E-state index contributed by atoms with van der Waals surface area (Å²) in [6.45, 7) is 12.1. The highest BCUT2D eigenvalue weighted by Crippen LogP contribution is 2.35. The maximum atomic E-state index is 13.0. The van der Waals surface area contributed by atoms with Crippen LogP contribution in [0.4, 0.5) is 0 Å². The first kappa shape index (κ1) is 29.9. The molecule has 0 saturated carbocycles. The molecule has 3 aromatic carbocycles. The van der Waals surface area contributed by atoms with Crippen molar-refractivity contribution in [3.05, 3.63) is 113 Å². The van der Waals surface area contributed by atoms with Crippen LogP contribution in [0.1, 0.15) is 82.3 Å². The summed E-state index contributed by atoms with van der Waals surface area (Å²) in [5.41, 5.74) is 3.68. The number of hydrogen-bond donors (Lipinski definition) is 0. The van der Waals surface area contributed by atoms with E-state index < -0.39 is 5.60 Å². The van der Waals surface area contributed by atoms with Crippen molar-refractivity contribution in [2.24, 2.45) is 0 Å². The van der Waals surface area contributed by atoms with E-state index in [1.165, 1.54) is 17.2 Å². The fraction of sp³-hybridized carbons (Fsp3) is 0.353. The molecule has 3 aromatic rings. The van der Waals surface area contributed by atoms with Gasteiger partial charge in [0.25, 0.3) is 0 Å². The second-order valence-electron chi connectivity index (χ2n) is 11.0. The van der Waals surface area contributed by atoms with E-state index >= 15 is 0 Å². The number of ether oxygens (including phenoxy) is 2. The van der Waals surface area contributed by atoms with E-state index in [-0.39, 0.29) is 36.5 Å². The summed E-state index contributed by atoms with van der Waals surface area (Å²) in [7, 11) is 0. The largest absolute Gasteiger partial charge is 0.463 e. The van der Waals surface area contributed by atoms with Crippen molar-refractivity contribution in [2.45, 2.75) is 78.3 Å². The SMILES string of the molecule is CC(C)OC(=O)C[C@@H](c1ccc(/C=C/C(=O)OC(C)(C)C)cc1)N(Cc1ccccc1)[C@H](C)c1ccccc1. The van der Waals surface area contributed by atoms with Gasteiger partial charge in [-0.25, -0.2) is 4.79 Å².